The van der Waals surface area contributed by atoms with Gasteiger partial charge in [-0.05, 0) is 0 Å². The molecular weight excluding hydrogens is 548 g/mol. The van der Waals surface area contributed by atoms with E-state index in [1.54, 1.807) is 0 Å². The van der Waals surface area contributed by atoms with Gasteiger partial charge in [0.2, 0.25) is 11.8 Å². The third kappa shape index (κ3) is 8.07. The molecule has 0 unspecified atom stereocenters. The molecule has 0 aromatic heterocycles. The van der Waals surface area contributed by atoms with E-state index in [4.69, 9.17) is 28.4 Å². The quantitative estimate of drug-likeness (QED) is 0.133. The molecule has 0 aromatic carbocycles. The topological polar surface area (TPSA) is 260 Å². The standard InChI is InChI=1S/C22H30N2O16/c1-6(25)23-11-13(35-8(3)27)16(17(19(30)31)38-21(11)34)39-22-12(24-7(2)26)14(36-9(4)28)15(37-10(5)29)18(40-22)20(32)33/h11-18,21-22,34H,1-5H3,(H,23,25)(H,24,26)(H,30,31)(H,32,33)/t11-,12-,13-,14-,15-,16-,17+,18+,21+,22+/m1/s1. The van der Waals surface area contributed by atoms with Crippen molar-refractivity contribution in [2.45, 2.75) is 95.9 Å². The van der Waals surface area contributed by atoms with Crippen molar-refractivity contribution in [1.82, 2.24) is 10.6 Å². The molecule has 2 amide bonds. The molecule has 2 saturated heterocycles. The van der Waals surface area contributed by atoms with Crippen LogP contribution in [0.25, 0.3) is 0 Å². The van der Waals surface area contributed by atoms with Gasteiger partial charge in [0.25, 0.3) is 0 Å². The molecule has 0 spiro atoms. The first-order chi connectivity index (χ1) is 18.5. The fourth-order valence-electron chi connectivity index (χ4n) is 4.26. The second-order valence-electron chi connectivity index (χ2n) is 8.82. The molecule has 0 saturated carbocycles. The minimum atomic E-state index is -2.10. The number of carboxylic acid groups (broad SMARTS) is 2. The third-order valence-corrected chi connectivity index (χ3v) is 5.54. The monoisotopic (exact) mass is 578 g/mol. The van der Waals surface area contributed by atoms with Gasteiger partial charge in [0.15, 0.2) is 43.1 Å². The maximum absolute atomic E-state index is 12.1. The molecule has 2 heterocycles. The van der Waals surface area contributed by atoms with Crippen molar-refractivity contribution in [2.24, 2.45) is 0 Å². The predicted octanol–water partition coefficient (Wildman–Crippen LogP) is -3.21. The number of aliphatic carboxylic acids is 2. The van der Waals surface area contributed by atoms with Crippen molar-refractivity contribution in [1.29, 1.82) is 0 Å². The Morgan fingerprint density at radius 2 is 1.00 bits per heavy atom. The van der Waals surface area contributed by atoms with Crippen LogP contribution in [-0.2, 0) is 62.0 Å². The van der Waals surface area contributed by atoms with Crippen LogP contribution in [0.15, 0.2) is 0 Å². The van der Waals surface area contributed by atoms with E-state index in [0.29, 0.717) is 0 Å². The van der Waals surface area contributed by atoms with Crippen LogP contribution in [0.3, 0.4) is 0 Å². The zero-order valence-corrected chi connectivity index (χ0v) is 21.9. The number of nitrogens with one attached hydrogen (secondary N) is 2. The number of hydrogen-bond acceptors (Lipinski definition) is 14. The van der Waals surface area contributed by atoms with Crippen LogP contribution in [0, 0.1) is 0 Å². The summed E-state index contributed by atoms with van der Waals surface area (Å²) in [5.41, 5.74) is 0. The molecular formula is C22H30N2O16. The molecule has 224 valence electrons. The van der Waals surface area contributed by atoms with Crippen LogP contribution >= 0.6 is 0 Å². The van der Waals surface area contributed by atoms with Crippen LogP contribution in [0.1, 0.15) is 34.6 Å². The van der Waals surface area contributed by atoms with Crippen LogP contribution in [0.4, 0.5) is 0 Å². The van der Waals surface area contributed by atoms with Crippen molar-refractivity contribution >= 4 is 41.7 Å². The lowest BCUT2D eigenvalue weighted by atomic mass is 9.93. The zero-order chi connectivity index (χ0) is 30.5. The first-order valence-electron chi connectivity index (χ1n) is 11.7. The van der Waals surface area contributed by atoms with Crippen LogP contribution < -0.4 is 10.6 Å². The van der Waals surface area contributed by atoms with Gasteiger partial charge in [-0.25, -0.2) is 9.59 Å². The molecule has 10 atom stereocenters. The number of rotatable bonds is 9. The number of carbonyl (C=O) groups is 7. The average molecular weight is 578 g/mol. The number of ether oxygens (including phenoxy) is 6. The summed E-state index contributed by atoms with van der Waals surface area (Å²) in [4.78, 5) is 83.5. The van der Waals surface area contributed by atoms with E-state index in [9.17, 15) is 48.9 Å². The van der Waals surface area contributed by atoms with E-state index in [2.05, 4.69) is 10.6 Å². The average Bonchev–Trinajstić information content (AvgIpc) is 2.79. The molecule has 40 heavy (non-hydrogen) atoms. The predicted molar refractivity (Wildman–Crippen MR) is 122 cm³/mol. The summed E-state index contributed by atoms with van der Waals surface area (Å²) in [6.07, 6.45) is -15.4. The Kier molecular flexibility index (Phi) is 10.9. The largest absolute Gasteiger partial charge is 0.479 e. The van der Waals surface area contributed by atoms with Gasteiger partial charge in [-0.3, -0.25) is 24.0 Å². The molecule has 0 radical (unpaired) electrons. The van der Waals surface area contributed by atoms with E-state index in [0.717, 1.165) is 34.6 Å². The van der Waals surface area contributed by atoms with E-state index in [-0.39, 0.29) is 0 Å². The van der Waals surface area contributed by atoms with Crippen molar-refractivity contribution in [2.75, 3.05) is 0 Å². The van der Waals surface area contributed by atoms with E-state index in [1.165, 1.54) is 0 Å². The lowest BCUT2D eigenvalue weighted by Crippen LogP contribution is -2.71. The van der Waals surface area contributed by atoms with E-state index >= 15 is 0 Å². The Morgan fingerprint density at radius 1 is 0.600 bits per heavy atom. The Balaban J connectivity index is 2.65. The summed E-state index contributed by atoms with van der Waals surface area (Å²) >= 11 is 0. The van der Waals surface area contributed by atoms with Gasteiger partial charge in [0.05, 0.1) is 0 Å². The van der Waals surface area contributed by atoms with Crippen molar-refractivity contribution < 1.29 is 77.3 Å². The fraction of sp³-hybridized carbons (Fsp3) is 0.682. The molecule has 5 N–H and O–H groups in total. The number of amides is 2. The van der Waals surface area contributed by atoms with E-state index < -0.39 is 103 Å². The van der Waals surface area contributed by atoms with Gasteiger partial charge in [0, 0.05) is 34.6 Å². The summed E-state index contributed by atoms with van der Waals surface area (Å²) < 4.78 is 31.7. The molecule has 0 aliphatic carbocycles. The first-order valence-corrected chi connectivity index (χ1v) is 11.7. The molecule has 2 aliphatic heterocycles. The Hall–Kier alpha value is -3.87. The van der Waals surface area contributed by atoms with Crippen molar-refractivity contribution in [3.05, 3.63) is 0 Å². The Labute approximate surface area is 226 Å². The lowest BCUT2D eigenvalue weighted by molar-refractivity contribution is -0.320. The number of aliphatic hydroxyl groups excluding tert-OH is 1. The Morgan fingerprint density at radius 3 is 1.43 bits per heavy atom. The second-order valence-corrected chi connectivity index (χ2v) is 8.82. The molecule has 18 heteroatoms. The van der Waals surface area contributed by atoms with Gasteiger partial charge in [-0.1, -0.05) is 0 Å². The Bertz CT molecular complexity index is 1030. The number of hydrogen-bond donors (Lipinski definition) is 5. The zero-order valence-electron chi connectivity index (χ0n) is 21.9. The number of esters is 3. The number of aliphatic hydroxyl groups is 1. The summed E-state index contributed by atoms with van der Waals surface area (Å²) in [5.74, 6) is -7.97. The molecule has 2 rings (SSSR count). The highest BCUT2D eigenvalue weighted by molar-refractivity contribution is 5.77. The molecule has 0 bridgehead atoms. The van der Waals surface area contributed by atoms with Crippen molar-refractivity contribution in [3.8, 4) is 0 Å². The number of carbonyl (C=O) groups excluding carboxylic acids is 5. The van der Waals surface area contributed by atoms with E-state index in [1.807, 2.05) is 0 Å². The molecule has 2 fully saturated rings. The summed E-state index contributed by atoms with van der Waals surface area (Å²) in [6, 6.07) is -3.22. The maximum atomic E-state index is 12.1. The fourth-order valence-corrected chi connectivity index (χ4v) is 4.26. The van der Waals surface area contributed by atoms with Gasteiger partial charge in [-0.2, -0.15) is 0 Å². The van der Waals surface area contributed by atoms with Gasteiger partial charge in [-0.15, -0.1) is 0 Å². The van der Waals surface area contributed by atoms with Crippen LogP contribution in [0.2, 0.25) is 0 Å². The number of carboxylic acids is 2. The second kappa shape index (κ2) is 13.5. The summed E-state index contributed by atoms with van der Waals surface area (Å²) in [5, 5.41) is 34.5. The minimum Gasteiger partial charge on any atom is -0.479 e. The molecule has 0 aromatic rings. The highest BCUT2D eigenvalue weighted by atomic mass is 16.7. The SMILES string of the molecule is CC(=O)N[C@@H]1[C@@H](OC(C)=O)[C@@H](O[C@H]2O[C@H](C(=O)O)[C@H](OC(C)=O)[C@H](OC(C)=O)[C@H]2NC(C)=O)[C@@H](C(=O)O)O[C@@H]1O. The summed E-state index contributed by atoms with van der Waals surface area (Å²) in [6.45, 7) is 4.90. The van der Waals surface area contributed by atoms with Gasteiger partial charge < -0.3 is 54.4 Å². The van der Waals surface area contributed by atoms with Gasteiger partial charge in [0.1, 0.15) is 18.2 Å². The van der Waals surface area contributed by atoms with Gasteiger partial charge >= 0.3 is 29.8 Å². The molecule has 2 aliphatic rings. The van der Waals surface area contributed by atoms with Crippen molar-refractivity contribution in [3.63, 3.8) is 0 Å². The first kappa shape index (κ1) is 32.3. The van der Waals surface area contributed by atoms with Crippen LogP contribution in [0.5, 0.6) is 0 Å². The smallest absolute Gasteiger partial charge is 0.337 e. The lowest BCUT2D eigenvalue weighted by Gasteiger charge is -2.48. The normalized spacial score (nSPS) is 33.5. The highest BCUT2D eigenvalue weighted by Gasteiger charge is 2.58. The minimum absolute atomic E-state index is 0.743. The third-order valence-electron chi connectivity index (χ3n) is 5.54. The highest BCUT2D eigenvalue weighted by Crippen LogP contribution is 2.32. The molecule has 18 nitrogen and oxygen atoms in total. The summed E-state index contributed by atoms with van der Waals surface area (Å²) in [7, 11) is 0. The maximum Gasteiger partial charge on any atom is 0.337 e. The van der Waals surface area contributed by atoms with Crippen LogP contribution in [-0.4, -0.2) is 118 Å².